The predicted octanol–water partition coefficient (Wildman–Crippen LogP) is 5.68. The number of fused-ring (bicyclic) bond motifs is 4. The molecule has 4 atom stereocenters. The first-order valence-electron chi connectivity index (χ1n) is 19.3. The molecule has 4 amide bonds. The Morgan fingerprint density at radius 3 is 1.47 bits per heavy atom. The van der Waals surface area contributed by atoms with Crippen LogP contribution in [0.15, 0.2) is 0 Å². The largest absolute Gasteiger partial charge is 0.444 e. The van der Waals surface area contributed by atoms with Crippen LogP contribution in [-0.4, -0.2) is 166 Å². The van der Waals surface area contributed by atoms with Crippen molar-refractivity contribution in [1.29, 1.82) is 0 Å². The minimum Gasteiger partial charge on any atom is -0.444 e. The van der Waals surface area contributed by atoms with Gasteiger partial charge in [0.05, 0.1) is 0 Å². The van der Waals surface area contributed by atoms with Gasteiger partial charge in [-0.15, -0.1) is 0 Å². The predicted molar refractivity (Wildman–Crippen MR) is 201 cm³/mol. The monoisotopic (exact) mass is 694 g/mol. The zero-order valence-electron chi connectivity index (χ0n) is 34.2. The summed E-state index contributed by atoms with van der Waals surface area (Å²) in [7, 11) is 4.09. The molecule has 49 heavy (non-hydrogen) atoms. The Bertz CT molecular complexity index is 1040. The molecule has 0 N–H and O–H groups in total. The summed E-state index contributed by atoms with van der Waals surface area (Å²) >= 11 is 0. The number of likely N-dealkylation sites (tertiary alicyclic amines) is 5. The zero-order valence-corrected chi connectivity index (χ0v) is 34.2. The Kier molecular flexibility index (Phi) is 16.6. The van der Waals surface area contributed by atoms with E-state index in [0.717, 1.165) is 70.1 Å². The van der Waals surface area contributed by atoms with Gasteiger partial charge in [-0.3, -0.25) is 14.6 Å². The topological polar surface area (TPSA) is 83.1 Å². The number of carbonyl (C=O) groups excluding carboxylic acids is 3. The number of urea groups is 1. The van der Waals surface area contributed by atoms with Crippen LogP contribution in [0, 0.1) is 0 Å². The number of piperazine rings is 2. The quantitative estimate of drug-likeness (QED) is 0.375. The van der Waals surface area contributed by atoms with Crippen LogP contribution in [0.4, 0.5) is 9.59 Å². The van der Waals surface area contributed by atoms with Gasteiger partial charge >= 0.3 is 12.1 Å². The highest BCUT2D eigenvalue weighted by Crippen LogP contribution is 2.33. The zero-order chi connectivity index (χ0) is 37.4. The second kappa shape index (κ2) is 18.9. The number of carbonyl (C=O) groups is 3. The SMILES string of the molecule is CC.CC(C)N1CCCC1=O.CC(C)N1CCN(C)C1=O.CC(C)N1C[C@@H]2C[C@H]1CN2C.CC(C)N1C[C@@H]2C[C@H]1CN2C(=O)OC(C)(C)C. The van der Waals surface area contributed by atoms with Gasteiger partial charge in [-0.25, -0.2) is 9.59 Å². The van der Waals surface area contributed by atoms with Crippen molar-refractivity contribution in [2.75, 3.05) is 59.9 Å². The fourth-order valence-electron chi connectivity index (χ4n) is 7.77. The van der Waals surface area contributed by atoms with E-state index in [0.29, 0.717) is 36.1 Å². The maximum absolute atomic E-state index is 12.0. The summed E-state index contributed by atoms with van der Waals surface area (Å²) in [4.78, 5) is 49.3. The maximum Gasteiger partial charge on any atom is 0.410 e. The average molecular weight is 694 g/mol. The fourth-order valence-corrected chi connectivity index (χ4v) is 7.77. The van der Waals surface area contributed by atoms with Crippen molar-refractivity contribution in [3.8, 4) is 0 Å². The first-order chi connectivity index (χ1) is 22.8. The highest BCUT2D eigenvalue weighted by molar-refractivity contribution is 5.78. The van der Waals surface area contributed by atoms with E-state index >= 15 is 0 Å². The van der Waals surface area contributed by atoms with Gasteiger partial charge in [-0.05, 0) is 102 Å². The van der Waals surface area contributed by atoms with E-state index in [1.807, 2.05) is 70.2 Å². The summed E-state index contributed by atoms with van der Waals surface area (Å²) in [5.74, 6) is 0.324. The third kappa shape index (κ3) is 12.0. The molecule has 0 radical (unpaired) electrons. The highest BCUT2D eigenvalue weighted by Gasteiger charge is 2.47. The molecule has 4 bridgehead atoms. The lowest BCUT2D eigenvalue weighted by atomic mass is 10.2. The van der Waals surface area contributed by atoms with Gasteiger partial charge < -0.3 is 29.2 Å². The van der Waals surface area contributed by atoms with Crippen LogP contribution in [0.25, 0.3) is 0 Å². The van der Waals surface area contributed by atoms with Crippen molar-refractivity contribution in [2.45, 2.75) is 170 Å². The van der Waals surface area contributed by atoms with Crippen molar-refractivity contribution in [3.63, 3.8) is 0 Å². The summed E-state index contributed by atoms with van der Waals surface area (Å²) < 4.78 is 5.44. The van der Waals surface area contributed by atoms with E-state index in [4.69, 9.17) is 4.74 Å². The van der Waals surface area contributed by atoms with Crippen LogP contribution in [0.5, 0.6) is 0 Å². The van der Waals surface area contributed by atoms with Gasteiger partial charge in [-0.1, -0.05) is 13.8 Å². The molecule has 6 aliphatic heterocycles. The number of ether oxygens (including phenoxy) is 1. The molecule has 6 saturated heterocycles. The minimum atomic E-state index is -0.392. The Morgan fingerprint density at radius 2 is 1.18 bits per heavy atom. The Morgan fingerprint density at radius 1 is 0.673 bits per heavy atom. The smallest absolute Gasteiger partial charge is 0.410 e. The van der Waals surface area contributed by atoms with Crippen LogP contribution >= 0.6 is 0 Å². The molecular weight excluding hydrogens is 618 g/mol. The molecule has 0 unspecified atom stereocenters. The lowest BCUT2D eigenvalue weighted by Crippen LogP contribution is -2.51. The molecule has 11 nitrogen and oxygen atoms in total. The van der Waals surface area contributed by atoms with Crippen LogP contribution in [0.3, 0.4) is 0 Å². The van der Waals surface area contributed by atoms with Crippen LogP contribution in [0.1, 0.15) is 116 Å². The van der Waals surface area contributed by atoms with Crippen LogP contribution in [0.2, 0.25) is 0 Å². The molecule has 11 heteroatoms. The Balaban J connectivity index is 0.000000230. The van der Waals surface area contributed by atoms with Gasteiger partial charge in [0.25, 0.3) is 0 Å². The maximum atomic E-state index is 12.0. The minimum absolute atomic E-state index is 0.145. The van der Waals surface area contributed by atoms with Crippen LogP contribution < -0.4 is 0 Å². The standard InChI is InChI=1S/C13H24N2O2.C9H18N2.C7H14N2O.C7H13NO.C2H6/c1-9(2)14-7-11-6-10(14)8-15(11)12(16)17-13(3,4)5;1-7(2)11-6-8-4-9(11)5-10(8)3;1-6(2)9-5-4-8(3)7(9)10;1-6(2)8-5-3-4-7(8)9;1-2/h9-11H,6-8H2,1-5H3;7-9H,4-6H2,1-3H3;6H,4-5H2,1-3H3;6H,3-5H2,1-2H3;1-2H3/t10-,11-;8-,9-;;;/m00.../s1. The van der Waals surface area contributed by atoms with Crippen molar-refractivity contribution >= 4 is 18.0 Å². The molecule has 0 spiro atoms. The average Bonchev–Trinajstić information content (AvgIpc) is 3.86. The number of rotatable bonds is 4. The van der Waals surface area contributed by atoms with E-state index in [1.165, 1.54) is 19.5 Å². The second-order valence-electron chi connectivity index (χ2n) is 16.5. The third-order valence-electron chi connectivity index (χ3n) is 10.4. The molecule has 6 fully saturated rings. The summed E-state index contributed by atoms with van der Waals surface area (Å²) in [5, 5.41) is 0. The number of hydrogen-bond acceptors (Lipinski definition) is 7. The molecule has 0 aromatic carbocycles. The third-order valence-corrected chi connectivity index (χ3v) is 10.4. The van der Waals surface area contributed by atoms with E-state index in [9.17, 15) is 14.4 Å². The first-order valence-corrected chi connectivity index (χ1v) is 19.3. The van der Waals surface area contributed by atoms with E-state index in [1.54, 1.807) is 4.90 Å². The number of amides is 4. The molecule has 0 aromatic rings. The van der Waals surface area contributed by atoms with Gasteiger partial charge in [-0.2, -0.15) is 0 Å². The summed E-state index contributed by atoms with van der Waals surface area (Å²) in [6, 6.07) is 4.86. The number of hydrogen-bond donors (Lipinski definition) is 0. The number of likely N-dealkylation sites (N-methyl/N-ethyl adjacent to an activating group) is 2. The van der Waals surface area contributed by atoms with Crippen LogP contribution in [-0.2, 0) is 9.53 Å². The fraction of sp³-hybridized carbons (Fsp3) is 0.921. The Labute approximate surface area is 300 Å². The molecule has 286 valence electrons. The van der Waals surface area contributed by atoms with Crippen molar-refractivity contribution in [1.82, 2.24) is 34.3 Å². The van der Waals surface area contributed by atoms with Gasteiger partial charge in [0.15, 0.2) is 0 Å². The van der Waals surface area contributed by atoms with Gasteiger partial charge in [0.1, 0.15) is 5.60 Å². The van der Waals surface area contributed by atoms with Gasteiger partial charge in [0.2, 0.25) is 5.91 Å². The molecule has 0 aromatic heterocycles. The molecule has 0 saturated carbocycles. The number of nitrogens with zero attached hydrogens (tertiary/aromatic N) is 7. The van der Waals surface area contributed by atoms with E-state index in [-0.39, 0.29) is 12.1 Å². The molecule has 6 rings (SSSR count). The molecule has 0 aliphatic carbocycles. The molecular formula is C38H75N7O4. The molecule has 6 heterocycles. The van der Waals surface area contributed by atoms with Crippen molar-refractivity contribution < 1.29 is 19.1 Å². The summed E-state index contributed by atoms with van der Waals surface area (Å²) in [6.07, 6.45) is 4.19. The Hall–Kier alpha value is -2.11. The lowest BCUT2D eigenvalue weighted by molar-refractivity contribution is -0.129. The second-order valence-corrected chi connectivity index (χ2v) is 16.5. The first kappa shape index (κ1) is 43.1. The normalized spacial score (nSPS) is 26.7. The molecule has 6 aliphatic rings. The summed E-state index contributed by atoms with van der Waals surface area (Å²) in [6.45, 7) is 34.2. The lowest BCUT2D eigenvalue weighted by Gasteiger charge is -2.37. The van der Waals surface area contributed by atoms with Gasteiger partial charge in [0, 0.05) is 108 Å². The summed E-state index contributed by atoms with van der Waals surface area (Å²) in [5.41, 5.74) is -0.392. The highest BCUT2D eigenvalue weighted by atomic mass is 16.6. The van der Waals surface area contributed by atoms with Crippen molar-refractivity contribution in [2.24, 2.45) is 0 Å². The van der Waals surface area contributed by atoms with E-state index in [2.05, 4.69) is 63.3 Å². The van der Waals surface area contributed by atoms with Crippen molar-refractivity contribution in [3.05, 3.63) is 0 Å². The van der Waals surface area contributed by atoms with E-state index < -0.39 is 5.60 Å².